The lowest BCUT2D eigenvalue weighted by molar-refractivity contribution is -0.137. The molecule has 31 heavy (non-hydrogen) atoms. The number of alkyl halides is 3. The number of anilines is 2. The summed E-state index contributed by atoms with van der Waals surface area (Å²) >= 11 is 0. The summed E-state index contributed by atoms with van der Waals surface area (Å²) in [6.45, 7) is 3.05. The summed E-state index contributed by atoms with van der Waals surface area (Å²) in [4.78, 5) is 18.9. The van der Waals surface area contributed by atoms with Gasteiger partial charge in [0.15, 0.2) is 0 Å². The van der Waals surface area contributed by atoms with Gasteiger partial charge in [0.05, 0.1) is 5.56 Å². The van der Waals surface area contributed by atoms with Gasteiger partial charge in [-0.3, -0.25) is 4.79 Å². The quantitative estimate of drug-likeness (QED) is 0.636. The van der Waals surface area contributed by atoms with E-state index < -0.39 is 11.7 Å². The number of nitrogens with one attached hydrogen (secondary N) is 1. The molecule has 1 aromatic heterocycles. The predicted octanol–water partition coefficient (Wildman–Crippen LogP) is 4.92. The maximum atomic E-state index is 12.9. The van der Waals surface area contributed by atoms with E-state index in [9.17, 15) is 18.0 Å². The Kier molecular flexibility index (Phi) is 5.67. The zero-order chi connectivity index (χ0) is 22.0. The van der Waals surface area contributed by atoms with Crippen molar-refractivity contribution in [3.05, 3.63) is 59.7 Å². The molecular weight excluding hydrogens is 409 g/mol. The molecule has 0 unspecified atom stereocenters. The first-order valence-electron chi connectivity index (χ1n) is 9.94. The number of aromatic nitrogens is 2. The Labute approximate surface area is 177 Å². The molecule has 1 N–H and O–H groups in total. The Hall–Kier alpha value is -3.36. The van der Waals surface area contributed by atoms with Gasteiger partial charge in [-0.2, -0.15) is 18.2 Å². The number of benzene rings is 2. The summed E-state index contributed by atoms with van der Waals surface area (Å²) in [7, 11) is 0. The van der Waals surface area contributed by atoms with Crippen molar-refractivity contribution in [2.75, 3.05) is 23.3 Å². The fourth-order valence-electron chi connectivity index (χ4n) is 3.63. The third-order valence-electron chi connectivity index (χ3n) is 5.39. The van der Waals surface area contributed by atoms with Crippen LogP contribution < -0.4 is 10.2 Å². The second-order valence-corrected chi connectivity index (χ2v) is 7.54. The minimum absolute atomic E-state index is 0.141. The van der Waals surface area contributed by atoms with Crippen molar-refractivity contribution < 1.29 is 22.5 Å². The van der Waals surface area contributed by atoms with Crippen molar-refractivity contribution in [3.63, 3.8) is 0 Å². The first-order valence-corrected chi connectivity index (χ1v) is 9.94. The van der Waals surface area contributed by atoms with E-state index in [-0.39, 0.29) is 17.5 Å². The molecule has 0 spiro atoms. The van der Waals surface area contributed by atoms with Gasteiger partial charge in [0.25, 0.3) is 0 Å². The normalized spacial score (nSPS) is 15.2. The molecule has 3 aromatic rings. The van der Waals surface area contributed by atoms with Crippen LogP contribution in [0.3, 0.4) is 0 Å². The highest BCUT2D eigenvalue weighted by atomic mass is 19.4. The number of carbonyl (C=O) groups excluding carboxylic acids is 1. The second-order valence-electron chi connectivity index (χ2n) is 7.54. The number of carbonyl (C=O) groups is 1. The Morgan fingerprint density at radius 2 is 1.87 bits per heavy atom. The van der Waals surface area contributed by atoms with Crippen LogP contribution in [0.5, 0.6) is 0 Å². The smallest absolute Gasteiger partial charge is 0.326 e. The fraction of sp³-hybridized carbons (Fsp3) is 0.318. The number of aryl methyl sites for hydroxylation is 1. The zero-order valence-electron chi connectivity index (χ0n) is 16.8. The number of halogens is 3. The van der Waals surface area contributed by atoms with E-state index >= 15 is 0 Å². The van der Waals surface area contributed by atoms with Gasteiger partial charge >= 0.3 is 12.2 Å². The van der Waals surface area contributed by atoms with Crippen LogP contribution in [0.15, 0.2) is 53.1 Å². The Morgan fingerprint density at radius 1 is 1.13 bits per heavy atom. The molecule has 2 heterocycles. The Balaban J connectivity index is 1.36. The first kappa shape index (κ1) is 20.9. The van der Waals surface area contributed by atoms with Gasteiger partial charge in [-0.15, -0.1) is 0 Å². The lowest BCUT2D eigenvalue weighted by atomic mass is 9.96. The van der Waals surface area contributed by atoms with Crippen LogP contribution in [-0.2, 0) is 11.0 Å². The lowest BCUT2D eigenvalue weighted by Gasteiger charge is -2.29. The van der Waals surface area contributed by atoms with E-state index in [1.807, 2.05) is 36.1 Å². The number of piperidine rings is 1. The molecule has 9 heteroatoms. The molecule has 0 bridgehead atoms. The van der Waals surface area contributed by atoms with Crippen molar-refractivity contribution in [1.82, 2.24) is 10.1 Å². The standard InChI is InChI=1S/C22H21F3N4O2/c1-14-5-2-3-8-18(14)19-27-21(31-28-19)29-11-9-15(10-12-29)20(30)26-17-7-4-6-16(13-17)22(23,24)25/h2-8,13,15H,9-12H2,1H3,(H,26,30). The molecule has 162 valence electrons. The molecule has 1 amide bonds. The summed E-state index contributed by atoms with van der Waals surface area (Å²) < 4.78 is 44.0. The number of amides is 1. The van der Waals surface area contributed by atoms with Crippen molar-refractivity contribution in [3.8, 4) is 11.4 Å². The van der Waals surface area contributed by atoms with Crippen LogP contribution in [0.2, 0.25) is 0 Å². The van der Waals surface area contributed by atoms with E-state index in [2.05, 4.69) is 15.5 Å². The number of nitrogens with zero attached hydrogens (tertiary/aromatic N) is 3. The van der Waals surface area contributed by atoms with E-state index in [0.717, 1.165) is 23.3 Å². The molecule has 1 aliphatic rings. The first-order chi connectivity index (χ1) is 14.8. The zero-order valence-corrected chi connectivity index (χ0v) is 16.8. The lowest BCUT2D eigenvalue weighted by Crippen LogP contribution is -2.38. The molecule has 1 fully saturated rings. The molecule has 1 saturated heterocycles. The molecule has 0 radical (unpaired) electrons. The van der Waals surface area contributed by atoms with E-state index in [1.165, 1.54) is 12.1 Å². The molecule has 0 aliphatic carbocycles. The monoisotopic (exact) mass is 430 g/mol. The van der Waals surface area contributed by atoms with E-state index in [0.29, 0.717) is 37.8 Å². The summed E-state index contributed by atoms with van der Waals surface area (Å²) in [5, 5.41) is 6.66. The third-order valence-corrected chi connectivity index (χ3v) is 5.39. The molecule has 1 aliphatic heterocycles. The average molecular weight is 430 g/mol. The van der Waals surface area contributed by atoms with Gasteiger partial charge < -0.3 is 14.7 Å². The highest BCUT2D eigenvalue weighted by Gasteiger charge is 2.31. The molecule has 6 nitrogen and oxygen atoms in total. The minimum Gasteiger partial charge on any atom is -0.326 e. The molecule has 0 saturated carbocycles. The molecule has 4 rings (SSSR count). The van der Waals surface area contributed by atoms with Gasteiger partial charge in [-0.1, -0.05) is 35.5 Å². The van der Waals surface area contributed by atoms with E-state index in [4.69, 9.17) is 4.52 Å². The number of hydrogen-bond acceptors (Lipinski definition) is 5. The van der Waals surface area contributed by atoms with E-state index in [1.54, 1.807) is 0 Å². The average Bonchev–Trinajstić information content (AvgIpc) is 3.24. The maximum Gasteiger partial charge on any atom is 0.416 e. The van der Waals surface area contributed by atoms with Gasteiger partial charge in [0, 0.05) is 30.3 Å². The molecule has 2 aromatic carbocycles. The molecule has 0 atom stereocenters. The highest BCUT2D eigenvalue weighted by Crippen LogP contribution is 2.31. The number of hydrogen-bond donors (Lipinski definition) is 1. The van der Waals surface area contributed by atoms with Crippen molar-refractivity contribution >= 4 is 17.6 Å². The van der Waals surface area contributed by atoms with Gasteiger partial charge in [0.1, 0.15) is 0 Å². The summed E-state index contributed by atoms with van der Waals surface area (Å²) in [6.07, 6.45) is -3.38. The van der Waals surface area contributed by atoms with Crippen LogP contribution in [0.25, 0.3) is 11.4 Å². The largest absolute Gasteiger partial charge is 0.416 e. The number of rotatable bonds is 4. The van der Waals surface area contributed by atoms with Crippen LogP contribution in [0.4, 0.5) is 24.9 Å². The fourth-order valence-corrected chi connectivity index (χ4v) is 3.63. The van der Waals surface area contributed by atoms with Crippen LogP contribution in [-0.4, -0.2) is 29.1 Å². The summed E-state index contributed by atoms with van der Waals surface area (Å²) in [5.74, 6) is -0.0767. The van der Waals surface area contributed by atoms with Crippen molar-refractivity contribution in [1.29, 1.82) is 0 Å². The maximum absolute atomic E-state index is 12.9. The van der Waals surface area contributed by atoms with Crippen LogP contribution in [0.1, 0.15) is 24.0 Å². The Morgan fingerprint density at radius 3 is 2.58 bits per heavy atom. The summed E-state index contributed by atoms with van der Waals surface area (Å²) in [6, 6.07) is 12.8. The Bertz CT molecular complexity index is 1070. The van der Waals surface area contributed by atoms with Gasteiger partial charge in [0.2, 0.25) is 11.7 Å². The minimum atomic E-state index is -4.45. The third kappa shape index (κ3) is 4.70. The summed E-state index contributed by atoms with van der Waals surface area (Å²) in [5.41, 5.74) is 1.29. The SMILES string of the molecule is Cc1ccccc1-c1noc(N2CCC(C(=O)Nc3cccc(C(F)(F)F)c3)CC2)n1. The van der Waals surface area contributed by atoms with Crippen LogP contribution >= 0.6 is 0 Å². The van der Waals surface area contributed by atoms with Crippen molar-refractivity contribution in [2.45, 2.75) is 25.9 Å². The second kappa shape index (κ2) is 8.41. The van der Waals surface area contributed by atoms with Gasteiger partial charge in [-0.05, 0) is 43.5 Å². The molecular formula is C22H21F3N4O2. The van der Waals surface area contributed by atoms with Gasteiger partial charge in [-0.25, -0.2) is 0 Å². The van der Waals surface area contributed by atoms with Crippen LogP contribution in [0, 0.1) is 12.8 Å². The highest BCUT2D eigenvalue weighted by molar-refractivity contribution is 5.92. The predicted molar refractivity (Wildman–Crippen MR) is 109 cm³/mol. The topological polar surface area (TPSA) is 71.3 Å². The van der Waals surface area contributed by atoms with Crippen molar-refractivity contribution in [2.24, 2.45) is 5.92 Å².